The van der Waals surface area contributed by atoms with Gasteiger partial charge in [-0.15, -0.1) is 0 Å². The van der Waals surface area contributed by atoms with Gasteiger partial charge in [0.2, 0.25) is 0 Å². The van der Waals surface area contributed by atoms with Crippen LogP contribution in [-0.2, 0) is 4.79 Å². The van der Waals surface area contributed by atoms with Crippen LogP contribution in [0.25, 0.3) is 17.4 Å². The number of halogens is 3. The number of carbonyl (C=O) groups excluding carboxylic acids is 1. The molecule has 2 aromatic carbocycles. The zero-order valence-electron chi connectivity index (χ0n) is 14.9. The summed E-state index contributed by atoms with van der Waals surface area (Å²) in [6.07, 6.45) is 1.24. The molecule has 0 aliphatic carbocycles. The molecular formula is C20H10Cl3N3O4. The molecule has 1 aromatic heterocycles. The Labute approximate surface area is 185 Å². The molecule has 0 fully saturated rings. The first kappa shape index (κ1) is 21.4. The molecule has 0 unspecified atom stereocenters. The number of nitrogens with one attached hydrogen (secondary N) is 1. The number of rotatable bonds is 5. The van der Waals surface area contributed by atoms with E-state index in [2.05, 4.69) is 5.32 Å². The van der Waals surface area contributed by atoms with Crippen molar-refractivity contribution in [1.82, 2.24) is 0 Å². The van der Waals surface area contributed by atoms with Crippen LogP contribution in [0, 0.1) is 21.4 Å². The average Bonchev–Trinajstić information content (AvgIpc) is 3.17. The van der Waals surface area contributed by atoms with Crippen molar-refractivity contribution in [2.75, 3.05) is 5.32 Å². The highest BCUT2D eigenvalue weighted by molar-refractivity contribution is 6.35. The summed E-state index contributed by atoms with van der Waals surface area (Å²) in [5.74, 6) is -0.137. The number of hydrogen-bond acceptors (Lipinski definition) is 5. The molecule has 150 valence electrons. The number of furan rings is 1. The predicted octanol–water partition coefficient (Wildman–Crippen LogP) is 6.36. The molecule has 30 heavy (non-hydrogen) atoms. The summed E-state index contributed by atoms with van der Waals surface area (Å²) in [7, 11) is 0. The Hall–Kier alpha value is -3.31. The van der Waals surface area contributed by atoms with Crippen LogP contribution in [0.4, 0.5) is 11.4 Å². The van der Waals surface area contributed by atoms with Crippen molar-refractivity contribution >= 4 is 58.2 Å². The van der Waals surface area contributed by atoms with Gasteiger partial charge in [-0.2, -0.15) is 5.26 Å². The number of nitrogens with zero attached hydrogens (tertiary/aromatic N) is 2. The minimum atomic E-state index is -0.771. The molecule has 0 spiro atoms. The van der Waals surface area contributed by atoms with Gasteiger partial charge in [-0.05, 0) is 42.5 Å². The maximum absolute atomic E-state index is 12.4. The molecule has 1 N–H and O–H groups in total. The fourth-order valence-electron chi connectivity index (χ4n) is 2.48. The molecule has 0 aliphatic heterocycles. The SMILES string of the molecule is N#C/C(=C\c1ccc(-c2cc(Cl)ccc2Cl)o1)C(=O)Nc1ccc(Cl)c([N+](=O)[O-])c1. The minimum Gasteiger partial charge on any atom is -0.457 e. The van der Waals surface area contributed by atoms with Crippen LogP contribution in [-0.4, -0.2) is 10.8 Å². The lowest BCUT2D eigenvalue weighted by atomic mass is 10.2. The van der Waals surface area contributed by atoms with E-state index in [4.69, 9.17) is 39.2 Å². The van der Waals surface area contributed by atoms with Crippen molar-refractivity contribution in [2.45, 2.75) is 0 Å². The summed E-state index contributed by atoms with van der Waals surface area (Å²) in [5, 5.41) is 23.5. The number of benzene rings is 2. The zero-order chi connectivity index (χ0) is 21.8. The quantitative estimate of drug-likeness (QED) is 0.205. The number of nitro benzene ring substituents is 1. The molecule has 1 heterocycles. The fraction of sp³-hybridized carbons (Fsp3) is 0. The van der Waals surface area contributed by atoms with Crippen molar-refractivity contribution in [1.29, 1.82) is 5.26 Å². The van der Waals surface area contributed by atoms with Gasteiger partial charge in [-0.25, -0.2) is 0 Å². The van der Waals surface area contributed by atoms with Gasteiger partial charge in [-0.3, -0.25) is 14.9 Å². The van der Waals surface area contributed by atoms with E-state index < -0.39 is 10.8 Å². The summed E-state index contributed by atoms with van der Waals surface area (Å²) in [6, 6.07) is 13.6. The van der Waals surface area contributed by atoms with Gasteiger partial charge in [0, 0.05) is 28.4 Å². The third kappa shape index (κ3) is 4.81. The van der Waals surface area contributed by atoms with E-state index in [-0.39, 0.29) is 27.7 Å². The molecule has 0 radical (unpaired) electrons. The van der Waals surface area contributed by atoms with Crippen LogP contribution >= 0.6 is 34.8 Å². The highest BCUT2D eigenvalue weighted by atomic mass is 35.5. The molecule has 3 aromatic rings. The molecule has 0 saturated heterocycles. The van der Waals surface area contributed by atoms with Gasteiger partial charge in [0.05, 0.1) is 9.95 Å². The minimum absolute atomic E-state index is 0.0724. The van der Waals surface area contributed by atoms with Crippen molar-refractivity contribution in [3.05, 3.63) is 85.0 Å². The first-order valence-electron chi connectivity index (χ1n) is 8.21. The van der Waals surface area contributed by atoms with E-state index >= 15 is 0 Å². The standard InChI is InChI=1S/C20H10Cl3N3O4/c21-12-1-4-16(22)15(8-12)19-6-3-14(30-19)7-11(10-24)20(27)25-13-2-5-17(23)18(9-13)26(28)29/h1-9H,(H,25,27)/b11-7+. The van der Waals surface area contributed by atoms with Crippen molar-refractivity contribution in [3.8, 4) is 17.4 Å². The first-order chi connectivity index (χ1) is 14.3. The fourth-order valence-corrected chi connectivity index (χ4v) is 3.05. The lowest BCUT2D eigenvalue weighted by Gasteiger charge is -2.05. The van der Waals surface area contributed by atoms with Crippen LogP contribution in [0.5, 0.6) is 0 Å². The van der Waals surface area contributed by atoms with E-state index in [9.17, 15) is 20.2 Å². The average molecular weight is 463 g/mol. The van der Waals surface area contributed by atoms with Gasteiger partial charge in [0.1, 0.15) is 28.2 Å². The van der Waals surface area contributed by atoms with Crippen LogP contribution in [0.2, 0.25) is 15.1 Å². The summed E-state index contributed by atoms with van der Waals surface area (Å²) < 4.78 is 5.65. The van der Waals surface area contributed by atoms with E-state index in [0.29, 0.717) is 21.4 Å². The molecule has 0 bridgehead atoms. The lowest BCUT2D eigenvalue weighted by Crippen LogP contribution is -2.13. The molecular weight excluding hydrogens is 453 g/mol. The Balaban J connectivity index is 1.84. The van der Waals surface area contributed by atoms with Crippen molar-refractivity contribution < 1.29 is 14.1 Å². The summed E-state index contributed by atoms with van der Waals surface area (Å²) in [6.45, 7) is 0. The smallest absolute Gasteiger partial charge is 0.289 e. The number of hydrogen-bond donors (Lipinski definition) is 1. The maximum atomic E-state index is 12.4. The van der Waals surface area contributed by atoms with Crippen LogP contribution in [0.1, 0.15) is 5.76 Å². The molecule has 7 nitrogen and oxygen atoms in total. The van der Waals surface area contributed by atoms with Crippen LogP contribution in [0.3, 0.4) is 0 Å². The van der Waals surface area contributed by atoms with Gasteiger partial charge in [-0.1, -0.05) is 34.8 Å². The Morgan fingerprint density at radius 2 is 1.83 bits per heavy atom. The summed E-state index contributed by atoms with van der Waals surface area (Å²) in [5.41, 5.74) is 0.0278. The molecule has 0 aliphatic rings. The van der Waals surface area contributed by atoms with E-state index in [0.717, 1.165) is 6.07 Å². The summed E-state index contributed by atoms with van der Waals surface area (Å²) >= 11 is 17.9. The second-order valence-electron chi connectivity index (χ2n) is 5.87. The number of carbonyl (C=O) groups is 1. The number of anilines is 1. The Morgan fingerprint density at radius 1 is 1.10 bits per heavy atom. The predicted molar refractivity (Wildman–Crippen MR) is 114 cm³/mol. The van der Waals surface area contributed by atoms with Gasteiger partial charge < -0.3 is 9.73 Å². The first-order valence-corrected chi connectivity index (χ1v) is 9.34. The zero-order valence-corrected chi connectivity index (χ0v) is 17.1. The van der Waals surface area contributed by atoms with E-state index in [1.54, 1.807) is 36.4 Å². The van der Waals surface area contributed by atoms with Crippen molar-refractivity contribution in [3.63, 3.8) is 0 Å². The third-order valence-electron chi connectivity index (χ3n) is 3.87. The van der Waals surface area contributed by atoms with E-state index in [1.165, 1.54) is 18.2 Å². The summed E-state index contributed by atoms with van der Waals surface area (Å²) in [4.78, 5) is 22.7. The number of nitriles is 1. The lowest BCUT2D eigenvalue weighted by molar-refractivity contribution is -0.384. The largest absolute Gasteiger partial charge is 0.457 e. The van der Waals surface area contributed by atoms with Crippen LogP contribution in [0.15, 0.2) is 58.5 Å². The molecule has 10 heteroatoms. The van der Waals surface area contributed by atoms with Gasteiger partial charge in [0.15, 0.2) is 0 Å². The van der Waals surface area contributed by atoms with E-state index in [1.807, 2.05) is 0 Å². The Bertz CT molecular complexity index is 1230. The Kier molecular flexibility index (Phi) is 6.43. The molecule has 0 atom stereocenters. The molecule has 3 rings (SSSR count). The third-order valence-corrected chi connectivity index (χ3v) is 4.76. The van der Waals surface area contributed by atoms with Gasteiger partial charge in [0.25, 0.3) is 11.6 Å². The second kappa shape index (κ2) is 9.01. The maximum Gasteiger partial charge on any atom is 0.289 e. The monoisotopic (exact) mass is 461 g/mol. The normalized spacial score (nSPS) is 11.1. The Morgan fingerprint density at radius 3 is 2.53 bits per heavy atom. The topological polar surface area (TPSA) is 109 Å². The molecule has 0 saturated carbocycles. The molecule has 1 amide bonds. The second-order valence-corrected chi connectivity index (χ2v) is 7.12. The number of nitro groups is 1. The highest BCUT2D eigenvalue weighted by Gasteiger charge is 2.16. The highest BCUT2D eigenvalue weighted by Crippen LogP contribution is 2.32. The van der Waals surface area contributed by atoms with Crippen molar-refractivity contribution in [2.24, 2.45) is 0 Å². The van der Waals surface area contributed by atoms with Gasteiger partial charge >= 0.3 is 0 Å². The number of amides is 1. The van der Waals surface area contributed by atoms with Crippen LogP contribution < -0.4 is 5.32 Å².